The molecule has 58 valence electrons. The van der Waals surface area contributed by atoms with Gasteiger partial charge in [0.15, 0.2) is 0 Å². The highest BCUT2D eigenvalue weighted by Gasteiger charge is 2.42. The fraction of sp³-hybridized carbons (Fsp3) is 0.333. The molecule has 0 heterocycles. The summed E-state index contributed by atoms with van der Waals surface area (Å²) < 4.78 is 20.4. The van der Waals surface area contributed by atoms with Crippen LogP contribution in [0, 0.1) is 0 Å². The van der Waals surface area contributed by atoms with Gasteiger partial charge in [-0.25, -0.2) is 0 Å². The van der Waals surface area contributed by atoms with Gasteiger partial charge in [-0.1, -0.05) is 6.58 Å². The topological polar surface area (TPSA) is 94.8 Å². The molecule has 0 rings (SSSR count). The lowest BCUT2D eigenvalue weighted by atomic mass is 10.8. The Bertz CT molecular complexity index is 193. The van der Waals surface area contributed by atoms with Crippen LogP contribution in [0.1, 0.15) is 0 Å². The van der Waals surface area contributed by atoms with Crippen molar-refractivity contribution < 1.29 is 23.8 Å². The molecule has 0 fully saturated rings. The van der Waals surface area contributed by atoms with Crippen molar-refractivity contribution in [1.82, 2.24) is 0 Å². The molecule has 0 spiro atoms. The molecule has 0 aromatic carbocycles. The number of rotatable bonds is 3. The van der Waals surface area contributed by atoms with Crippen LogP contribution in [0.2, 0.25) is 0 Å². The van der Waals surface area contributed by atoms with Crippen LogP contribution in [0.3, 0.4) is 0 Å². The Balaban J connectivity index is 4.53. The first-order valence-electron chi connectivity index (χ1n) is 2.22. The molecule has 0 aromatic rings. The van der Waals surface area contributed by atoms with E-state index in [1.54, 1.807) is 0 Å². The molecule has 10 heavy (non-hydrogen) atoms. The lowest BCUT2D eigenvalue weighted by molar-refractivity contribution is 0.370. The summed E-state index contributed by atoms with van der Waals surface area (Å²) in [4.78, 5) is 25.0. The molecule has 2 atom stereocenters. The summed E-state index contributed by atoms with van der Waals surface area (Å²) in [5.74, 6) is 0. The van der Waals surface area contributed by atoms with E-state index in [2.05, 4.69) is 6.58 Å². The van der Waals surface area contributed by atoms with Crippen molar-refractivity contribution in [3.8, 4) is 0 Å². The summed E-state index contributed by atoms with van der Waals surface area (Å²) in [7, 11) is -7.37. The number of hydrogen-bond acceptors (Lipinski definition) is 2. The maximum Gasteiger partial charge on any atom is 0.526 e. The van der Waals surface area contributed by atoms with Gasteiger partial charge in [0.2, 0.25) is 0 Å². The van der Waals surface area contributed by atoms with Crippen LogP contribution in [0.4, 0.5) is 0 Å². The summed E-state index contributed by atoms with van der Waals surface area (Å²) in [6, 6.07) is 0. The summed E-state index contributed by atoms with van der Waals surface area (Å²) in [5.41, 5.74) is 0. The molecule has 0 radical (unpaired) electrons. The van der Waals surface area contributed by atoms with Crippen LogP contribution in [0.15, 0.2) is 12.7 Å². The molecule has 0 aliphatic carbocycles. The highest BCUT2D eigenvalue weighted by Crippen LogP contribution is 2.51. The summed E-state index contributed by atoms with van der Waals surface area (Å²) >= 11 is 0. The van der Waals surface area contributed by atoms with Crippen LogP contribution in [0.5, 0.6) is 0 Å². The van der Waals surface area contributed by atoms with Gasteiger partial charge in [-0.05, 0) is 10.6 Å². The second kappa shape index (κ2) is 3.37. The van der Waals surface area contributed by atoms with Gasteiger partial charge in [0.1, 0.15) is 0 Å². The van der Waals surface area contributed by atoms with Gasteiger partial charge in [-0.2, -0.15) is 4.89 Å². The van der Waals surface area contributed by atoms with Crippen LogP contribution >= 0.6 is 15.6 Å². The van der Waals surface area contributed by atoms with Gasteiger partial charge in [0, 0.05) is 0 Å². The van der Waals surface area contributed by atoms with Gasteiger partial charge in [0.05, 0.1) is 0 Å². The fourth-order valence-electron chi connectivity index (χ4n) is 0.356. The van der Waals surface area contributed by atoms with Crippen molar-refractivity contribution in [2.45, 2.75) is 5.40 Å². The first-order valence-corrected chi connectivity index (χ1v) is 5.19. The smallest absolute Gasteiger partial charge is 0.321 e. The molecule has 5 nitrogen and oxygen atoms in total. The van der Waals surface area contributed by atoms with Gasteiger partial charge < -0.3 is 9.79 Å². The highest BCUT2D eigenvalue weighted by molar-refractivity contribution is 7.65. The number of hydrogen-bond donors (Lipinski definition) is 3. The second-order valence-electron chi connectivity index (χ2n) is 1.54. The standard InChI is InChI=1S/C3H6O5P2/c1-2-3(9(4)5)10(6,7)8/h2-3H,1H2,(H2-,4,5,6,7,8)/p+1. The van der Waals surface area contributed by atoms with E-state index >= 15 is 0 Å². The van der Waals surface area contributed by atoms with Crippen molar-refractivity contribution in [1.29, 1.82) is 0 Å². The fourth-order valence-corrected chi connectivity index (χ4v) is 1.84. The lowest BCUT2D eigenvalue weighted by Crippen LogP contribution is -1.97. The Morgan fingerprint density at radius 1 is 1.60 bits per heavy atom. The van der Waals surface area contributed by atoms with E-state index in [-0.39, 0.29) is 0 Å². The third-order valence-electron chi connectivity index (χ3n) is 0.782. The van der Waals surface area contributed by atoms with Crippen LogP contribution in [-0.2, 0) is 9.13 Å². The van der Waals surface area contributed by atoms with Crippen molar-refractivity contribution in [2.75, 3.05) is 0 Å². The first kappa shape index (κ1) is 9.95. The van der Waals surface area contributed by atoms with E-state index in [1.165, 1.54) is 0 Å². The van der Waals surface area contributed by atoms with Gasteiger partial charge in [-0.3, -0.25) is 4.57 Å². The molecule has 2 unspecified atom stereocenters. The van der Waals surface area contributed by atoms with E-state index in [9.17, 15) is 9.13 Å². The Kier molecular flexibility index (Phi) is 3.36. The average Bonchev–Trinajstić information content (AvgIpc) is 1.60. The lowest BCUT2D eigenvalue weighted by Gasteiger charge is -1.99. The quantitative estimate of drug-likeness (QED) is 0.437. The minimum Gasteiger partial charge on any atom is -0.321 e. The predicted molar refractivity (Wildman–Crippen MR) is 35.9 cm³/mol. The zero-order valence-corrected chi connectivity index (χ0v) is 6.70. The molecule has 0 saturated carbocycles. The highest BCUT2D eigenvalue weighted by atomic mass is 31.2. The molecule has 7 heteroatoms. The molecular weight excluding hydrogens is 178 g/mol. The Hall–Kier alpha value is -0.0500. The minimum atomic E-state index is -4.48. The van der Waals surface area contributed by atoms with Crippen LogP contribution in [0.25, 0.3) is 0 Å². The molecule has 0 bridgehead atoms. The largest absolute Gasteiger partial charge is 0.526 e. The second-order valence-corrected chi connectivity index (χ2v) is 4.84. The maximum absolute atomic E-state index is 10.3. The maximum atomic E-state index is 10.3. The average molecular weight is 185 g/mol. The van der Waals surface area contributed by atoms with E-state index in [4.69, 9.17) is 14.7 Å². The summed E-state index contributed by atoms with van der Waals surface area (Å²) in [6.07, 6.45) is 0.777. The molecular formula is C3H7O5P2+. The van der Waals surface area contributed by atoms with Crippen molar-refractivity contribution >= 4 is 15.6 Å². The Morgan fingerprint density at radius 2 is 2.00 bits per heavy atom. The van der Waals surface area contributed by atoms with Crippen LogP contribution in [-0.4, -0.2) is 20.1 Å². The SMILES string of the molecule is C=CC([P+](=O)O)P(=O)(O)O. The normalized spacial score (nSPS) is 16.1. The monoisotopic (exact) mass is 185 g/mol. The third-order valence-corrected chi connectivity index (χ3v) is 3.84. The summed E-state index contributed by atoms with van der Waals surface area (Å²) in [6.45, 7) is 3.01. The van der Waals surface area contributed by atoms with Gasteiger partial charge in [0.25, 0.3) is 0 Å². The molecule has 0 amide bonds. The Labute approximate surface area is 58.4 Å². The third kappa shape index (κ3) is 2.69. The Morgan fingerprint density at radius 3 is 2.00 bits per heavy atom. The zero-order chi connectivity index (χ0) is 8.36. The molecule has 3 N–H and O–H groups in total. The van der Waals surface area contributed by atoms with E-state index in [1.807, 2.05) is 0 Å². The minimum absolute atomic E-state index is 0.777. The van der Waals surface area contributed by atoms with E-state index in [0.29, 0.717) is 0 Å². The van der Waals surface area contributed by atoms with Crippen molar-refractivity contribution in [3.63, 3.8) is 0 Å². The van der Waals surface area contributed by atoms with Crippen LogP contribution < -0.4 is 0 Å². The van der Waals surface area contributed by atoms with E-state index in [0.717, 1.165) is 6.08 Å². The zero-order valence-electron chi connectivity index (χ0n) is 4.91. The summed E-state index contributed by atoms with van der Waals surface area (Å²) in [5, 5.41) is -1.64. The first-order chi connectivity index (χ1) is 4.39. The van der Waals surface area contributed by atoms with Gasteiger partial charge in [-0.15, -0.1) is 0 Å². The van der Waals surface area contributed by atoms with Gasteiger partial charge >= 0.3 is 21.0 Å². The molecule has 0 saturated heterocycles. The molecule has 0 aromatic heterocycles. The number of allylic oxidation sites excluding steroid dienone is 1. The molecule has 0 aliphatic heterocycles. The van der Waals surface area contributed by atoms with Crippen molar-refractivity contribution in [2.24, 2.45) is 0 Å². The predicted octanol–water partition coefficient (Wildman–Crippen LogP) is 0.411. The van der Waals surface area contributed by atoms with Crippen molar-refractivity contribution in [3.05, 3.63) is 12.7 Å². The molecule has 0 aliphatic rings. The van der Waals surface area contributed by atoms with E-state index < -0.39 is 21.0 Å².